The van der Waals surface area contributed by atoms with Crippen LogP contribution in [0.1, 0.15) is 39.5 Å². The third kappa shape index (κ3) is 9.52. The highest BCUT2D eigenvalue weighted by molar-refractivity contribution is 8.96. The van der Waals surface area contributed by atoms with Crippen molar-refractivity contribution in [3.05, 3.63) is 0 Å². The molecule has 0 N–H and O–H groups in total. The molecule has 1 unspecified atom stereocenters. The largest absolute Gasteiger partial charge is 0.283 e. The lowest BCUT2D eigenvalue weighted by atomic mass is 10.2. The van der Waals surface area contributed by atoms with E-state index >= 15 is 0 Å². The topological polar surface area (TPSA) is 17.1 Å². The van der Waals surface area contributed by atoms with Crippen molar-refractivity contribution in [1.82, 2.24) is 0 Å². The molecule has 0 aliphatic rings. The van der Waals surface area contributed by atoms with Crippen molar-refractivity contribution >= 4 is 38.9 Å². The third-order valence-corrected chi connectivity index (χ3v) is 9.70. The van der Waals surface area contributed by atoms with Gasteiger partial charge in [0.15, 0.2) is 0 Å². The average Bonchev–Trinajstić information content (AvgIpc) is 2.04. The molecule has 5 heteroatoms. The van der Waals surface area contributed by atoms with Crippen LogP contribution >= 0.6 is 38.9 Å². The fourth-order valence-corrected chi connectivity index (χ4v) is 7.81. The summed E-state index contributed by atoms with van der Waals surface area (Å²) < 4.78 is 11.5. The molecule has 0 heterocycles. The van der Waals surface area contributed by atoms with Crippen molar-refractivity contribution < 1.29 is 4.57 Å². The van der Waals surface area contributed by atoms with Gasteiger partial charge < -0.3 is 0 Å². The molecule has 80 valence electrons. The van der Waals surface area contributed by atoms with E-state index in [4.69, 9.17) is 11.2 Å². The van der Waals surface area contributed by atoms with E-state index in [2.05, 4.69) is 6.92 Å². The number of unbranched alkanes of at least 4 members (excludes halogenated alkanes) is 3. The molecule has 0 aromatic rings. The quantitative estimate of drug-likeness (QED) is 0.430. The third-order valence-electron chi connectivity index (χ3n) is 1.53. The fraction of sp³-hybridized carbons (Fsp3) is 1.00. The van der Waals surface area contributed by atoms with Gasteiger partial charge in [-0.2, -0.15) is 0 Å². The Labute approximate surface area is 94.4 Å². The second-order valence-electron chi connectivity index (χ2n) is 2.74. The van der Waals surface area contributed by atoms with Crippen LogP contribution in [0, 0.1) is 0 Å². The minimum Gasteiger partial charge on any atom is -0.283 e. The highest BCUT2D eigenvalue weighted by Crippen LogP contribution is 2.73. The van der Waals surface area contributed by atoms with E-state index in [1.165, 1.54) is 42.0 Å². The smallest absolute Gasteiger partial charge is 0.275 e. The van der Waals surface area contributed by atoms with E-state index in [0.29, 0.717) is 0 Å². The van der Waals surface area contributed by atoms with E-state index in [1.54, 1.807) is 0 Å². The summed E-state index contributed by atoms with van der Waals surface area (Å²) in [6.07, 6.45) is 4.89. The monoisotopic (exact) mass is 260 g/mol. The van der Waals surface area contributed by atoms with Crippen LogP contribution in [0.4, 0.5) is 0 Å². The molecule has 0 saturated heterocycles. The maximum Gasteiger partial charge on any atom is 0.275 e. The lowest BCUT2D eigenvalue weighted by Crippen LogP contribution is -1.78. The molecule has 0 aliphatic heterocycles. The van der Waals surface area contributed by atoms with Crippen LogP contribution in [-0.2, 0) is 4.57 Å². The first-order valence-electron chi connectivity index (χ1n) is 4.71. The van der Waals surface area contributed by atoms with Crippen LogP contribution in [0.3, 0.4) is 0 Å². The van der Waals surface area contributed by atoms with Gasteiger partial charge >= 0.3 is 0 Å². The molecule has 0 spiro atoms. The van der Waals surface area contributed by atoms with Gasteiger partial charge in [0, 0.05) is 5.75 Å². The van der Waals surface area contributed by atoms with Crippen molar-refractivity contribution in [2.75, 3.05) is 11.5 Å². The Morgan fingerprint density at radius 3 is 2.38 bits per heavy atom. The van der Waals surface area contributed by atoms with Gasteiger partial charge in [-0.15, -0.1) is 0 Å². The maximum absolute atomic E-state index is 11.5. The second kappa shape index (κ2) is 8.52. The number of rotatable bonds is 8. The summed E-state index contributed by atoms with van der Waals surface area (Å²) in [6, 6.07) is 0. The molecule has 1 atom stereocenters. The van der Waals surface area contributed by atoms with Crippen molar-refractivity contribution in [2.45, 2.75) is 39.5 Å². The average molecular weight is 261 g/mol. The van der Waals surface area contributed by atoms with E-state index < -0.39 is 4.90 Å². The summed E-state index contributed by atoms with van der Waals surface area (Å²) in [5.41, 5.74) is 0. The first kappa shape index (κ1) is 14.2. The summed E-state index contributed by atoms with van der Waals surface area (Å²) >= 11 is 8.65. The Morgan fingerprint density at radius 2 is 1.85 bits per heavy atom. The number of hydrogen-bond acceptors (Lipinski definition) is 3. The molecule has 0 amide bonds. The van der Waals surface area contributed by atoms with Gasteiger partial charge in [-0.1, -0.05) is 55.9 Å². The highest BCUT2D eigenvalue weighted by Gasteiger charge is 2.17. The van der Waals surface area contributed by atoms with E-state index in [1.807, 2.05) is 6.92 Å². The lowest BCUT2D eigenvalue weighted by molar-refractivity contribution is 0.601. The molecule has 13 heavy (non-hydrogen) atoms. The molecule has 0 radical (unpaired) electrons. The minimum absolute atomic E-state index is 0.836. The SMILES string of the molecule is CCCCCCSP(=O)(Cl)SCC. The molecule has 1 nitrogen and oxygen atoms in total. The predicted molar refractivity (Wildman–Crippen MR) is 68.2 cm³/mol. The van der Waals surface area contributed by atoms with Crippen LogP contribution < -0.4 is 0 Å². The summed E-state index contributed by atoms with van der Waals surface area (Å²) in [6.45, 7) is 4.17. The van der Waals surface area contributed by atoms with Gasteiger partial charge in [-0.3, -0.25) is 4.57 Å². The van der Waals surface area contributed by atoms with Crippen LogP contribution in [0.25, 0.3) is 0 Å². The van der Waals surface area contributed by atoms with Crippen molar-refractivity contribution in [2.24, 2.45) is 0 Å². The summed E-state index contributed by atoms with van der Waals surface area (Å²) in [7, 11) is 0. The number of halogens is 1. The maximum atomic E-state index is 11.5. The lowest BCUT2D eigenvalue weighted by Gasteiger charge is -2.06. The Hall–Kier alpha value is 1.22. The zero-order valence-corrected chi connectivity index (χ0v) is 11.6. The van der Waals surface area contributed by atoms with E-state index in [9.17, 15) is 4.57 Å². The number of hydrogen-bond donors (Lipinski definition) is 0. The van der Waals surface area contributed by atoms with E-state index in [-0.39, 0.29) is 0 Å². The standard InChI is InChI=1S/C8H18ClOPS2/c1-3-5-6-7-8-13-11(9,10)12-4-2/h3-8H2,1-2H3. The highest BCUT2D eigenvalue weighted by atomic mass is 35.7. The Morgan fingerprint density at radius 1 is 1.15 bits per heavy atom. The van der Waals surface area contributed by atoms with Gasteiger partial charge in [-0.05, 0) is 23.4 Å². The predicted octanol–water partition coefficient (Wildman–Crippen LogP) is 5.40. The zero-order valence-electron chi connectivity index (χ0n) is 8.29. The molecule has 0 aliphatic carbocycles. The fourth-order valence-electron chi connectivity index (χ4n) is 0.894. The van der Waals surface area contributed by atoms with Gasteiger partial charge in [0.05, 0.1) is 0 Å². The summed E-state index contributed by atoms with van der Waals surface area (Å²) in [4.78, 5) is -2.44. The van der Waals surface area contributed by atoms with E-state index in [0.717, 1.165) is 17.9 Å². The molecule has 0 bridgehead atoms. The summed E-state index contributed by atoms with van der Waals surface area (Å²) in [5, 5.41) is 0. The Balaban J connectivity index is 3.35. The Bertz CT molecular complexity index is 166. The molecular formula is C8H18ClOPS2. The van der Waals surface area contributed by atoms with Crippen LogP contribution in [-0.4, -0.2) is 11.5 Å². The first-order valence-corrected chi connectivity index (χ1v) is 10.5. The van der Waals surface area contributed by atoms with Gasteiger partial charge in [0.25, 0.3) is 4.90 Å². The molecule has 0 fully saturated rings. The Kier molecular flexibility index (Phi) is 9.32. The van der Waals surface area contributed by atoms with Crippen molar-refractivity contribution in [3.63, 3.8) is 0 Å². The zero-order chi connectivity index (χ0) is 10.2. The van der Waals surface area contributed by atoms with Crippen LogP contribution in [0.5, 0.6) is 0 Å². The second-order valence-corrected chi connectivity index (χ2v) is 13.1. The van der Waals surface area contributed by atoms with Gasteiger partial charge in [0.2, 0.25) is 0 Å². The molecule has 0 saturated carbocycles. The van der Waals surface area contributed by atoms with Crippen molar-refractivity contribution in [1.29, 1.82) is 0 Å². The normalized spacial score (nSPS) is 15.6. The van der Waals surface area contributed by atoms with Crippen molar-refractivity contribution in [3.8, 4) is 0 Å². The molecule has 0 aromatic carbocycles. The molecule has 0 rings (SSSR count). The van der Waals surface area contributed by atoms with Crippen LogP contribution in [0.15, 0.2) is 0 Å². The van der Waals surface area contributed by atoms with Gasteiger partial charge in [-0.25, -0.2) is 0 Å². The van der Waals surface area contributed by atoms with Crippen LogP contribution in [0.2, 0.25) is 0 Å². The molecular weight excluding hydrogens is 243 g/mol. The van der Waals surface area contributed by atoms with Gasteiger partial charge in [0.1, 0.15) is 0 Å². The summed E-state index contributed by atoms with van der Waals surface area (Å²) in [5.74, 6) is 1.77. The minimum atomic E-state index is -2.44. The molecule has 0 aromatic heterocycles. The first-order chi connectivity index (χ1) is 6.12.